The van der Waals surface area contributed by atoms with Crippen LogP contribution in [0.25, 0.3) is 0 Å². The molecule has 0 spiro atoms. The highest BCUT2D eigenvalue weighted by Gasteiger charge is 2.23. The Bertz CT molecular complexity index is 425. The SMILES string of the molecule is CN1CCCCC[C@@H]1C(=O)NCCCOc1cccnc1. The molecule has 1 aromatic heterocycles. The first-order valence-corrected chi connectivity index (χ1v) is 7.78. The van der Waals surface area contributed by atoms with Gasteiger partial charge in [-0.3, -0.25) is 14.7 Å². The maximum absolute atomic E-state index is 12.2. The van der Waals surface area contributed by atoms with E-state index in [1.807, 2.05) is 19.2 Å². The Kier molecular flexibility index (Phi) is 6.47. The summed E-state index contributed by atoms with van der Waals surface area (Å²) < 4.78 is 5.55. The number of likely N-dealkylation sites (tertiary alicyclic amines) is 1. The number of nitrogens with one attached hydrogen (secondary N) is 1. The number of ether oxygens (including phenoxy) is 1. The molecule has 2 heterocycles. The van der Waals surface area contributed by atoms with Crippen LogP contribution in [0.3, 0.4) is 0 Å². The van der Waals surface area contributed by atoms with Gasteiger partial charge in [-0.15, -0.1) is 0 Å². The van der Waals surface area contributed by atoms with E-state index in [-0.39, 0.29) is 11.9 Å². The number of aromatic nitrogens is 1. The van der Waals surface area contributed by atoms with Crippen LogP contribution in [-0.4, -0.2) is 48.6 Å². The second kappa shape index (κ2) is 8.62. The van der Waals surface area contributed by atoms with Crippen molar-refractivity contribution >= 4 is 5.91 Å². The number of likely N-dealkylation sites (N-methyl/N-ethyl adjacent to an activating group) is 1. The standard InChI is InChI=1S/C16H25N3O2/c1-19-11-4-2-3-8-15(19)16(20)18-10-6-12-21-14-7-5-9-17-13-14/h5,7,9,13,15H,2-4,6,8,10-12H2,1H3,(H,18,20)/t15-/m1/s1. The van der Waals surface area contributed by atoms with Crippen molar-refractivity contribution in [2.45, 2.75) is 38.1 Å². The number of rotatable bonds is 6. The molecule has 1 aliphatic rings. The van der Waals surface area contributed by atoms with E-state index in [0.717, 1.165) is 31.6 Å². The Morgan fingerprint density at radius 2 is 2.38 bits per heavy atom. The van der Waals surface area contributed by atoms with Gasteiger partial charge in [-0.25, -0.2) is 0 Å². The molecule has 1 fully saturated rings. The van der Waals surface area contributed by atoms with Gasteiger partial charge >= 0.3 is 0 Å². The third-order valence-corrected chi connectivity index (χ3v) is 3.85. The molecule has 1 N–H and O–H groups in total. The molecule has 5 heteroatoms. The number of carbonyl (C=O) groups is 1. The van der Waals surface area contributed by atoms with Gasteiger partial charge in [0.25, 0.3) is 0 Å². The maximum atomic E-state index is 12.2. The van der Waals surface area contributed by atoms with Crippen molar-refractivity contribution in [2.75, 3.05) is 26.7 Å². The molecule has 0 unspecified atom stereocenters. The lowest BCUT2D eigenvalue weighted by Gasteiger charge is -2.24. The molecule has 1 atom stereocenters. The van der Waals surface area contributed by atoms with Gasteiger partial charge in [0.05, 0.1) is 18.8 Å². The lowest BCUT2D eigenvalue weighted by molar-refractivity contribution is -0.126. The van der Waals surface area contributed by atoms with Crippen molar-refractivity contribution in [1.29, 1.82) is 0 Å². The zero-order valence-electron chi connectivity index (χ0n) is 12.8. The van der Waals surface area contributed by atoms with Crippen molar-refractivity contribution in [3.8, 4) is 5.75 Å². The van der Waals surface area contributed by atoms with E-state index >= 15 is 0 Å². The third-order valence-electron chi connectivity index (χ3n) is 3.85. The van der Waals surface area contributed by atoms with Gasteiger partial charge in [0.15, 0.2) is 0 Å². The fourth-order valence-electron chi connectivity index (χ4n) is 2.61. The summed E-state index contributed by atoms with van der Waals surface area (Å²) in [5.41, 5.74) is 0. The number of carbonyl (C=O) groups excluding carboxylic acids is 1. The first-order valence-electron chi connectivity index (χ1n) is 7.78. The predicted octanol–water partition coefficient (Wildman–Crippen LogP) is 1.84. The van der Waals surface area contributed by atoms with E-state index in [4.69, 9.17) is 4.74 Å². The number of hydrogen-bond acceptors (Lipinski definition) is 4. The molecule has 0 bridgehead atoms. The molecule has 0 aliphatic carbocycles. The van der Waals surface area contributed by atoms with Gasteiger partial charge in [0.1, 0.15) is 5.75 Å². The summed E-state index contributed by atoms with van der Waals surface area (Å²) in [7, 11) is 2.04. The summed E-state index contributed by atoms with van der Waals surface area (Å²) in [4.78, 5) is 18.4. The molecular weight excluding hydrogens is 266 g/mol. The summed E-state index contributed by atoms with van der Waals surface area (Å²) in [6, 6.07) is 3.76. The summed E-state index contributed by atoms with van der Waals surface area (Å²) in [6.45, 7) is 2.26. The van der Waals surface area contributed by atoms with E-state index in [0.29, 0.717) is 13.2 Å². The van der Waals surface area contributed by atoms with Gasteiger partial charge in [0.2, 0.25) is 5.91 Å². The average molecular weight is 291 g/mol. The van der Waals surface area contributed by atoms with Gasteiger partial charge in [-0.2, -0.15) is 0 Å². The van der Waals surface area contributed by atoms with Crippen LogP contribution in [0.2, 0.25) is 0 Å². The van der Waals surface area contributed by atoms with Gasteiger partial charge in [-0.05, 0) is 45.0 Å². The molecule has 2 rings (SSSR count). The molecular formula is C16H25N3O2. The molecule has 1 aliphatic heterocycles. The number of hydrogen-bond donors (Lipinski definition) is 1. The van der Waals surface area contributed by atoms with Crippen LogP contribution in [0.15, 0.2) is 24.5 Å². The van der Waals surface area contributed by atoms with E-state index < -0.39 is 0 Å². The Morgan fingerprint density at radius 1 is 1.48 bits per heavy atom. The van der Waals surface area contributed by atoms with Crippen molar-refractivity contribution in [1.82, 2.24) is 15.2 Å². The van der Waals surface area contributed by atoms with E-state index in [1.54, 1.807) is 12.4 Å². The largest absolute Gasteiger partial charge is 0.492 e. The monoisotopic (exact) mass is 291 g/mol. The number of nitrogens with zero attached hydrogens (tertiary/aromatic N) is 2. The maximum Gasteiger partial charge on any atom is 0.237 e. The van der Waals surface area contributed by atoms with Crippen molar-refractivity contribution in [3.05, 3.63) is 24.5 Å². The highest BCUT2D eigenvalue weighted by Crippen LogP contribution is 2.15. The Labute approximate surface area is 126 Å². The van der Waals surface area contributed by atoms with Crippen LogP contribution in [0.5, 0.6) is 5.75 Å². The van der Waals surface area contributed by atoms with E-state index in [9.17, 15) is 4.79 Å². The van der Waals surface area contributed by atoms with Crippen LogP contribution in [0.4, 0.5) is 0 Å². The molecule has 0 aromatic carbocycles. The number of amides is 1. The van der Waals surface area contributed by atoms with Crippen LogP contribution in [0, 0.1) is 0 Å². The van der Waals surface area contributed by atoms with Crippen molar-refractivity contribution in [2.24, 2.45) is 0 Å². The Hall–Kier alpha value is -1.62. The van der Waals surface area contributed by atoms with E-state index in [1.165, 1.54) is 12.8 Å². The summed E-state index contributed by atoms with van der Waals surface area (Å²) in [6.07, 6.45) is 8.75. The first kappa shape index (κ1) is 15.8. The normalized spacial score (nSPS) is 19.8. The smallest absolute Gasteiger partial charge is 0.237 e. The molecule has 1 aromatic rings. The molecule has 5 nitrogen and oxygen atoms in total. The minimum atomic E-state index is 0.0340. The first-order chi connectivity index (χ1) is 10.3. The van der Waals surface area contributed by atoms with Crippen molar-refractivity contribution in [3.63, 3.8) is 0 Å². The zero-order chi connectivity index (χ0) is 14.9. The minimum Gasteiger partial charge on any atom is -0.492 e. The second-order valence-corrected chi connectivity index (χ2v) is 5.53. The van der Waals surface area contributed by atoms with Crippen LogP contribution < -0.4 is 10.1 Å². The lowest BCUT2D eigenvalue weighted by Crippen LogP contribution is -2.45. The molecule has 1 saturated heterocycles. The highest BCUT2D eigenvalue weighted by molar-refractivity contribution is 5.81. The van der Waals surface area contributed by atoms with Crippen LogP contribution in [-0.2, 0) is 4.79 Å². The van der Waals surface area contributed by atoms with Gasteiger partial charge < -0.3 is 10.1 Å². The molecule has 0 saturated carbocycles. The molecule has 1 amide bonds. The second-order valence-electron chi connectivity index (χ2n) is 5.53. The zero-order valence-corrected chi connectivity index (χ0v) is 12.8. The topological polar surface area (TPSA) is 54.5 Å². The van der Waals surface area contributed by atoms with Crippen molar-refractivity contribution < 1.29 is 9.53 Å². The van der Waals surface area contributed by atoms with Crippen LogP contribution in [0.1, 0.15) is 32.1 Å². The highest BCUT2D eigenvalue weighted by atomic mass is 16.5. The fourth-order valence-corrected chi connectivity index (χ4v) is 2.61. The summed E-state index contributed by atoms with van der Waals surface area (Å²) in [5, 5.41) is 3.02. The van der Waals surface area contributed by atoms with Crippen LogP contribution >= 0.6 is 0 Å². The molecule has 116 valence electrons. The third kappa shape index (κ3) is 5.34. The molecule has 0 radical (unpaired) electrons. The lowest BCUT2D eigenvalue weighted by atomic mass is 10.1. The summed E-state index contributed by atoms with van der Waals surface area (Å²) in [5.74, 6) is 0.924. The average Bonchev–Trinajstić information content (AvgIpc) is 2.72. The van der Waals surface area contributed by atoms with Gasteiger partial charge in [0, 0.05) is 12.7 Å². The quantitative estimate of drug-likeness (QED) is 0.813. The Balaban J connectivity index is 1.62. The minimum absolute atomic E-state index is 0.0340. The fraction of sp³-hybridized carbons (Fsp3) is 0.625. The van der Waals surface area contributed by atoms with Gasteiger partial charge in [-0.1, -0.05) is 12.8 Å². The number of pyridine rings is 1. The molecule has 21 heavy (non-hydrogen) atoms. The predicted molar refractivity (Wildman–Crippen MR) is 82.2 cm³/mol. The Morgan fingerprint density at radius 3 is 3.19 bits per heavy atom. The van der Waals surface area contributed by atoms with E-state index in [2.05, 4.69) is 15.2 Å². The summed E-state index contributed by atoms with van der Waals surface area (Å²) >= 11 is 0.